The van der Waals surface area contributed by atoms with Crippen LogP contribution in [-0.4, -0.2) is 51.9 Å². The smallest absolute Gasteiger partial charge is 0.280 e. The van der Waals surface area contributed by atoms with E-state index < -0.39 is 6.10 Å². The molecule has 3 heterocycles. The number of nitrogens with zero attached hydrogens (tertiary/aromatic N) is 4. The van der Waals surface area contributed by atoms with Crippen LogP contribution in [0.25, 0.3) is 17.0 Å². The molecule has 7 heteroatoms. The first-order valence-corrected chi connectivity index (χ1v) is 12.2. The number of hydrazone groups is 1. The van der Waals surface area contributed by atoms with E-state index in [1.807, 2.05) is 37.4 Å². The third kappa shape index (κ3) is 4.67. The van der Waals surface area contributed by atoms with Gasteiger partial charge in [0.2, 0.25) is 0 Å². The molecular formula is C27H29ClN4O2. The summed E-state index contributed by atoms with van der Waals surface area (Å²) < 4.78 is 2.09. The summed E-state index contributed by atoms with van der Waals surface area (Å²) in [7, 11) is 0. The van der Waals surface area contributed by atoms with Crippen LogP contribution in [0.2, 0.25) is 5.02 Å². The van der Waals surface area contributed by atoms with E-state index in [-0.39, 0.29) is 5.91 Å². The number of benzene rings is 2. The van der Waals surface area contributed by atoms with Crippen molar-refractivity contribution in [3.63, 3.8) is 0 Å². The molecule has 1 amide bonds. The van der Waals surface area contributed by atoms with Crippen LogP contribution in [-0.2, 0) is 11.3 Å². The summed E-state index contributed by atoms with van der Waals surface area (Å²) in [6.07, 6.45) is 7.17. The van der Waals surface area contributed by atoms with E-state index in [9.17, 15) is 9.90 Å². The molecule has 1 N–H and O–H groups in total. The molecule has 2 aliphatic heterocycles. The molecule has 176 valence electrons. The first-order chi connectivity index (χ1) is 16.5. The van der Waals surface area contributed by atoms with Gasteiger partial charge in [-0.25, -0.2) is 0 Å². The molecule has 0 spiro atoms. The van der Waals surface area contributed by atoms with Crippen molar-refractivity contribution in [1.29, 1.82) is 0 Å². The average Bonchev–Trinajstić information content (AvgIpc) is 3.32. The second-order valence-corrected chi connectivity index (χ2v) is 9.55. The Bertz CT molecular complexity index is 1270. The molecule has 5 rings (SSSR count). The number of rotatable bonds is 6. The third-order valence-corrected chi connectivity index (χ3v) is 6.79. The highest BCUT2D eigenvalue weighted by Gasteiger charge is 2.29. The van der Waals surface area contributed by atoms with Gasteiger partial charge in [0.1, 0.15) is 0 Å². The Morgan fingerprint density at radius 3 is 2.68 bits per heavy atom. The molecule has 0 bridgehead atoms. The second-order valence-electron chi connectivity index (χ2n) is 9.11. The molecule has 2 aliphatic rings. The van der Waals surface area contributed by atoms with Crippen molar-refractivity contribution in [1.82, 2.24) is 9.47 Å². The van der Waals surface area contributed by atoms with E-state index in [0.29, 0.717) is 35.1 Å². The quantitative estimate of drug-likeness (QED) is 0.512. The molecule has 0 aliphatic carbocycles. The molecule has 2 aromatic carbocycles. The van der Waals surface area contributed by atoms with Crippen molar-refractivity contribution < 1.29 is 9.90 Å². The summed E-state index contributed by atoms with van der Waals surface area (Å²) in [5.74, 6) is -0.179. The number of carbonyl (C=O) groups excluding carboxylic acids is 1. The lowest BCUT2D eigenvalue weighted by Crippen LogP contribution is -2.37. The number of carbonyl (C=O) groups is 1. The number of anilines is 1. The maximum atomic E-state index is 13.2. The lowest BCUT2D eigenvalue weighted by molar-refractivity contribution is -0.114. The van der Waals surface area contributed by atoms with Gasteiger partial charge in [0.05, 0.1) is 23.1 Å². The molecule has 3 aromatic rings. The van der Waals surface area contributed by atoms with Gasteiger partial charge < -0.3 is 14.6 Å². The minimum atomic E-state index is -0.454. The molecular weight excluding hydrogens is 448 g/mol. The van der Waals surface area contributed by atoms with Crippen LogP contribution in [0.1, 0.15) is 31.7 Å². The molecule has 0 radical (unpaired) electrons. The molecule has 0 saturated carbocycles. The lowest BCUT2D eigenvalue weighted by Gasteiger charge is -2.28. The van der Waals surface area contributed by atoms with Crippen LogP contribution < -0.4 is 5.01 Å². The van der Waals surface area contributed by atoms with E-state index in [4.69, 9.17) is 11.6 Å². The van der Waals surface area contributed by atoms with Gasteiger partial charge in [-0.05, 0) is 63.2 Å². The summed E-state index contributed by atoms with van der Waals surface area (Å²) in [6, 6.07) is 15.2. The molecule has 6 nitrogen and oxygen atoms in total. The standard InChI is InChI=1S/C27H29ClN4O2/c1-19-25(27(34)32(29-19)22-9-7-8-21(28)15-22)14-20-16-31(26-11-4-3-10-24(20)26)18-23(33)17-30-12-5-2-6-13-30/h3-4,7-11,14-16,23,33H,2,5-6,12-13,17-18H2,1H3/b25-14-. The number of fused-ring (bicyclic) bond motifs is 1. The Kier molecular flexibility index (Phi) is 6.55. The first kappa shape index (κ1) is 22.8. The first-order valence-electron chi connectivity index (χ1n) is 11.9. The fourth-order valence-corrected chi connectivity index (χ4v) is 5.07. The van der Waals surface area contributed by atoms with Crippen LogP contribution in [0, 0.1) is 0 Å². The van der Waals surface area contributed by atoms with Crippen molar-refractivity contribution in [3.8, 4) is 0 Å². The van der Waals surface area contributed by atoms with Gasteiger partial charge in [-0.1, -0.05) is 42.3 Å². The molecule has 1 saturated heterocycles. The van der Waals surface area contributed by atoms with E-state index in [1.165, 1.54) is 24.3 Å². The van der Waals surface area contributed by atoms with Crippen LogP contribution in [0.15, 0.2) is 65.4 Å². The van der Waals surface area contributed by atoms with E-state index in [2.05, 4.69) is 26.7 Å². The molecule has 1 unspecified atom stereocenters. The highest BCUT2D eigenvalue weighted by molar-refractivity contribution is 6.33. The van der Waals surface area contributed by atoms with Gasteiger partial charge in [-0.3, -0.25) is 4.79 Å². The van der Waals surface area contributed by atoms with Crippen LogP contribution in [0.3, 0.4) is 0 Å². The SMILES string of the molecule is CC1=NN(c2cccc(Cl)c2)C(=O)/C1=C\c1cn(CC(O)CN2CCCCC2)c2ccccc12. The Morgan fingerprint density at radius 1 is 1.09 bits per heavy atom. The van der Waals surface area contributed by atoms with Crippen molar-refractivity contribution in [2.24, 2.45) is 5.10 Å². The number of likely N-dealkylation sites (tertiary alicyclic amines) is 1. The zero-order chi connectivity index (χ0) is 23.7. The van der Waals surface area contributed by atoms with Crippen molar-refractivity contribution in [2.45, 2.75) is 38.8 Å². The number of aliphatic hydroxyl groups is 1. The van der Waals surface area contributed by atoms with Crippen molar-refractivity contribution in [2.75, 3.05) is 24.6 Å². The summed E-state index contributed by atoms with van der Waals surface area (Å²) in [5, 5.41) is 18.3. The number of piperidine rings is 1. The van der Waals surface area contributed by atoms with E-state index >= 15 is 0 Å². The summed E-state index contributed by atoms with van der Waals surface area (Å²) >= 11 is 6.12. The summed E-state index contributed by atoms with van der Waals surface area (Å²) in [5.41, 5.74) is 3.83. The normalized spacial score (nSPS) is 19.3. The number of aliphatic hydroxyl groups excluding tert-OH is 1. The van der Waals surface area contributed by atoms with Gasteiger partial charge in [0.25, 0.3) is 5.91 Å². The van der Waals surface area contributed by atoms with Crippen molar-refractivity contribution >= 4 is 45.9 Å². The second kappa shape index (κ2) is 9.74. The number of β-amino-alcohol motifs (C(OH)–C–C–N with tert-alkyl or cyclic N) is 1. The van der Waals surface area contributed by atoms with Crippen molar-refractivity contribution in [3.05, 3.63) is 70.9 Å². The van der Waals surface area contributed by atoms with Gasteiger partial charge in [0.15, 0.2) is 0 Å². The summed E-state index contributed by atoms with van der Waals surface area (Å²) in [4.78, 5) is 15.6. The number of hydrogen-bond acceptors (Lipinski definition) is 4. The Hall–Kier alpha value is -2.93. The van der Waals surface area contributed by atoms with Crippen LogP contribution in [0.5, 0.6) is 0 Å². The minimum Gasteiger partial charge on any atom is -0.390 e. The maximum absolute atomic E-state index is 13.2. The molecule has 34 heavy (non-hydrogen) atoms. The van der Waals surface area contributed by atoms with Gasteiger partial charge in [0, 0.05) is 40.8 Å². The highest BCUT2D eigenvalue weighted by Crippen LogP contribution is 2.29. The highest BCUT2D eigenvalue weighted by atomic mass is 35.5. The Balaban J connectivity index is 1.42. The molecule has 1 aromatic heterocycles. The fourth-order valence-electron chi connectivity index (χ4n) is 4.89. The number of aromatic nitrogens is 1. The summed E-state index contributed by atoms with van der Waals surface area (Å²) in [6.45, 7) is 5.16. The zero-order valence-corrected chi connectivity index (χ0v) is 20.1. The largest absolute Gasteiger partial charge is 0.390 e. The Labute approximate surface area is 204 Å². The monoisotopic (exact) mass is 476 g/mol. The van der Waals surface area contributed by atoms with Crippen LogP contribution in [0.4, 0.5) is 5.69 Å². The van der Waals surface area contributed by atoms with E-state index in [1.54, 1.807) is 18.2 Å². The average molecular weight is 477 g/mol. The number of amides is 1. The third-order valence-electron chi connectivity index (χ3n) is 6.56. The Morgan fingerprint density at radius 2 is 1.88 bits per heavy atom. The predicted octanol–water partition coefficient (Wildman–Crippen LogP) is 4.95. The van der Waals surface area contributed by atoms with Gasteiger partial charge in [-0.15, -0.1) is 0 Å². The van der Waals surface area contributed by atoms with Gasteiger partial charge >= 0.3 is 0 Å². The lowest BCUT2D eigenvalue weighted by atomic mass is 10.1. The fraction of sp³-hybridized carbons (Fsp3) is 0.333. The minimum absolute atomic E-state index is 0.179. The molecule has 1 fully saturated rings. The number of para-hydroxylation sites is 1. The maximum Gasteiger partial charge on any atom is 0.280 e. The number of hydrogen-bond donors (Lipinski definition) is 1. The van der Waals surface area contributed by atoms with E-state index in [0.717, 1.165) is 29.6 Å². The predicted molar refractivity (Wildman–Crippen MR) is 138 cm³/mol. The topological polar surface area (TPSA) is 61.1 Å². The molecule has 1 atom stereocenters. The van der Waals surface area contributed by atoms with Gasteiger partial charge in [-0.2, -0.15) is 10.1 Å². The zero-order valence-electron chi connectivity index (χ0n) is 19.3. The number of halogens is 1. The van der Waals surface area contributed by atoms with Crippen LogP contribution >= 0.6 is 11.6 Å².